The molecular formula is C10H5ClF6O2. The van der Waals surface area contributed by atoms with Gasteiger partial charge in [0.1, 0.15) is 5.75 Å². The molecule has 19 heavy (non-hydrogen) atoms. The fourth-order valence-electron chi connectivity index (χ4n) is 1.22. The zero-order valence-electron chi connectivity index (χ0n) is 8.90. The largest absolute Gasteiger partial charge is 0.573 e. The van der Waals surface area contributed by atoms with E-state index in [0.717, 1.165) is 6.07 Å². The van der Waals surface area contributed by atoms with Crippen molar-refractivity contribution >= 4 is 17.4 Å². The van der Waals surface area contributed by atoms with Crippen molar-refractivity contribution in [3.63, 3.8) is 0 Å². The molecular weight excluding hydrogens is 302 g/mol. The van der Waals surface area contributed by atoms with Crippen molar-refractivity contribution in [3.05, 3.63) is 29.3 Å². The van der Waals surface area contributed by atoms with Crippen molar-refractivity contribution < 1.29 is 35.9 Å². The van der Waals surface area contributed by atoms with Crippen LogP contribution in [0.15, 0.2) is 18.2 Å². The molecule has 0 heterocycles. The first-order chi connectivity index (χ1) is 8.54. The highest BCUT2D eigenvalue weighted by Gasteiger charge is 2.39. The van der Waals surface area contributed by atoms with Crippen LogP contribution in [0.1, 0.15) is 15.9 Å². The van der Waals surface area contributed by atoms with Crippen molar-refractivity contribution in [1.29, 1.82) is 0 Å². The van der Waals surface area contributed by atoms with E-state index in [1.165, 1.54) is 0 Å². The minimum absolute atomic E-state index is 0.334. The van der Waals surface area contributed by atoms with E-state index in [1.54, 1.807) is 0 Å². The number of hydrogen-bond donors (Lipinski definition) is 0. The molecule has 106 valence electrons. The van der Waals surface area contributed by atoms with Gasteiger partial charge >= 0.3 is 12.5 Å². The maximum Gasteiger partial charge on any atom is 0.573 e. The van der Waals surface area contributed by atoms with Crippen LogP contribution >= 0.6 is 11.6 Å². The van der Waals surface area contributed by atoms with Gasteiger partial charge < -0.3 is 4.74 Å². The van der Waals surface area contributed by atoms with E-state index in [1.807, 2.05) is 0 Å². The quantitative estimate of drug-likeness (QED) is 0.479. The lowest BCUT2D eigenvalue weighted by atomic mass is 10.1. The molecule has 1 aromatic carbocycles. The lowest BCUT2D eigenvalue weighted by Crippen LogP contribution is -2.20. The van der Waals surface area contributed by atoms with Gasteiger partial charge in [0.25, 0.3) is 0 Å². The van der Waals surface area contributed by atoms with Gasteiger partial charge in [-0.25, -0.2) is 0 Å². The number of ether oxygens (including phenoxy) is 1. The normalized spacial score (nSPS) is 12.4. The second-order valence-corrected chi connectivity index (χ2v) is 3.58. The standard InChI is InChI=1S/C10H5ClF6O2/c11-4-7(18)5-1-2-6(9(12,13)14)8(3-5)19-10(15,16)17/h1-3H,4H2. The fourth-order valence-corrected chi connectivity index (χ4v) is 1.37. The van der Waals surface area contributed by atoms with Crippen molar-refractivity contribution in [2.45, 2.75) is 12.5 Å². The molecule has 0 aliphatic carbocycles. The van der Waals surface area contributed by atoms with Crippen LogP contribution in [-0.4, -0.2) is 18.0 Å². The maximum absolute atomic E-state index is 12.5. The molecule has 0 saturated heterocycles. The molecule has 0 amide bonds. The summed E-state index contributed by atoms with van der Waals surface area (Å²) >= 11 is 5.17. The van der Waals surface area contributed by atoms with Crippen LogP contribution in [0.25, 0.3) is 0 Å². The molecule has 0 unspecified atom stereocenters. The average Bonchev–Trinajstić information content (AvgIpc) is 2.24. The zero-order chi connectivity index (χ0) is 14.8. The third-order valence-corrected chi connectivity index (χ3v) is 2.20. The molecule has 0 atom stereocenters. The Labute approximate surface area is 107 Å². The molecule has 0 spiro atoms. The van der Waals surface area contributed by atoms with E-state index >= 15 is 0 Å². The Morgan fingerprint density at radius 3 is 2.16 bits per heavy atom. The smallest absolute Gasteiger partial charge is 0.405 e. The molecule has 0 saturated carbocycles. The third-order valence-electron chi connectivity index (χ3n) is 1.96. The maximum atomic E-state index is 12.5. The Bertz CT molecular complexity index is 480. The predicted molar refractivity (Wildman–Crippen MR) is 53.2 cm³/mol. The summed E-state index contributed by atoms with van der Waals surface area (Å²) in [7, 11) is 0. The summed E-state index contributed by atoms with van der Waals surface area (Å²) < 4.78 is 76.8. The number of benzene rings is 1. The highest BCUT2D eigenvalue weighted by atomic mass is 35.5. The van der Waals surface area contributed by atoms with Crippen molar-refractivity contribution in [2.24, 2.45) is 0 Å². The Hall–Kier alpha value is -1.44. The third kappa shape index (κ3) is 4.30. The zero-order valence-corrected chi connectivity index (χ0v) is 9.66. The second-order valence-electron chi connectivity index (χ2n) is 3.31. The summed E-state index contributed by atoms with van der Waals surface area (Å²) in [5, 5.41) is 0. The monoisotopic (exact) mass is 306 g/mol. The van der Waals surface area contributed by atoms with E-state index in [4.69, 9.17) is 11.6 Å². The van der Waals surface area contributed by atoms with Crippen molar-refractivity contribution in [3.8, 4) is 5.75 Å². The minimum Gasteiger partial charge on any atom is -0.405 e. The van der Waals surface area contributed by atoms with Gasteiger partial charge in [0.15, 0.2) is 5.78 Å². The van der Waals surface area contributed by atoms with Gasteiger partial charge in [-0.2, -0.15) is 13.2 Å². The topological polar surface area (TPSA) is 26.3 Å². The Morgan fingerprint density at radius 1 is 1.16 bits per heavy atom. The van der Waals surface area contributed by atoms with Gasteiger partial charge in [-0.1, -0.05) is 6.07 Å². The highest BCUT2D eigenvalue weighted by molar-refractivity contribution is 6.30. The average molecular weight is 307 g/mol. The lowest BCUT2D eigenvalue weighted by Gasteiger charge is -2.16. The Balaban J connectivity index is 3.30. The van der Waals surface area contributed by atoms with E-state index in [9.17, 15) is 31.1 Å². The van der Waals surface area contributed by atoms with Gasteiger partial charge in [-0.3, -0.25) is 4.79 Å². The van der Waals surface area contributed by atoms with E-state index < -0.39 is 41.1 Å². The number of carbonyl (C=O) groups is 1. The number of hydrogen-bond acceptors (Lipinski definition) is 2. The van der Waals surface area contributed by atoms with Gasteiger partial charge in [-0.05, 0) is 12.1 Å². The number of Topliss-reactive ketones (excluding diaryl/α,β-unsaturated/α-hetero) is 1. The fraction of sp³-hybridized carbons (Fsp3) is 0.300. The van der Waals surface area contributed by atoms with Crippen LogP contribution in [0.5, 0.6) is 5.75 Å². The SMILES string of the molecule is O=C(CCl)c1ccc(C(F)(F)F)c(OC(F)(F)F)c1. The van der Waals surface area contributed by atoms with Crippen LogP contribution in [0.2, 0.25) is 0 Å². The number of carbonyl (C=O) groups excluding carboxylic acids is 1. The predicted octanol–water partition coefficient (Wildman–Crippen LogP) is 4.03. The summed E-state index contributed by atoms with van der Waals surface area (Å²) in [6.45, 7) is 0. The molecule has 0 N–H and O–H groups in total. The van der Waals surface area contributed by atoms with E-state index in [0.29, 0.717) is 12.1 Å². The van der Waals surface area contributed by atoms with Crippen LogP contribution in [0.3, 0.4) is 0 Å². The van der Waals surface area contributed by atoms with Crippen molar-refractivity contribution in [2.75, 3.05) is 5.88 Å². The summed E-state index contributed by atoms with van der Waals surface area (Å²) in [5.41, 5.74) is -2.03. The van der Waals surface area contributed by atoms with Crippen LogP contribution in [0.4, 0.5) is 26.3 Å². The van der Waals surface area contributed by atoms with Crippen molar-refractivity contribution in [1.82, 2.24) is 0 Å². The molecule has 0 fully saturated rings. The van der Waals surface area contributed by atoms with Gasteiger partial charge in [0.05, 0.1) is 11.4 Å². The summed E-state index contributed by atoms with van der Waals surface area (Å²) in [6.07, 6.45) is -10.3. The van der Waals surface area contributed by atoms with E-state index in [2.05, 4.69) is 4.74 Å². The van der Waals surface area contributed by atoms with Gasteiger partial charge in [0, 0.05) is 5.56 Å². The molecule has 0 aliphatic rings. The second kappa shape index (κ2) is 5.28. The summed E-state index contributed by atoms with van der Waals surface area (Å²) in [5.74, 6) is -2.88. The number of alkyl halides is 7. The Morgan fingerprint density at radius 2 is 1.74 bits per heavy atom. The molecule has 0 bridgehead atoms. The number of ketones is 1. The van der Waals surface area contributed by atoms with E-state index in [-0.39, 0.29) is 0 Å². The summed E-state index contributed by atoms with van der Waals surface area (Å²) in [4.78, 5) is 11.1. The molecule has 1 rings (SSSR count). The van der Waals surface area contributed by atoms with Crippen LogP contribution < -0.4 is 4.74 Å². The minimum atomic E-state index is -5.30. The molecule has 9 heteroatoms. The number of halogens is 7. The van der Waals surface area contributed by atoms with Crippen LogP contribution in [0, 0.1) is 0 Å². The molecule has 2 nitrogen and oxygen atoms in total. The molecule has 0 radical (unpaired) electrons. The first kappa shape index (κ1) is 15.6. The first-order valence-corrected chi connectivity index (χ1v) is 5.14. The van der Waals surface area contributed by atoms with Gasteiger partial charge in [0.2, 0.25) is 0 Å². The summed E-state index contributed by atoms with van der Waals surface area (Å²) in [6, 6.07) is 1.43. The molecule has 0 aliphatic heterocycles. The number of rotatable bonds is 3. The Kier molecular flexibility index (Phi) is 4.34. The van der Waals surface area contributed by atoms with Crippen LogP contribution in [-0.2, 0) is 6.18 Å². The highest BCUT2D eigenvalue weighted by Crippen LogP contribution is 2.38. The van der Waals surface area contributed by atoms with Gasteiger partial charge in [-0.15, -0.1) is 24.8 Å². The molecule has 1 aromatic rings. The first-order valence-electron chi connectivity index (χ1n) is 4.61. The molecule has 0 aromatic heterocycles. The lowest BCUT2D eigenvalue weighted by molar-refractivity contribution is -0.276.